The maximum atomic E-state index is 11.7. The maximum absolute atomic E-state index is 11.7. The van der Waals surface area contributed by atoms with E-state index in [0.29, 0.717) is 18.6 Å². The first-order valence-corrected chi connectivity index (χ1v) is 6.56. The molecular formula is C10H20N2O3S. The van der Waals surface area contributed by atoms with E-state index < -0.39 is 23.5 Å². The van der Waals surface area contributed by atoms with Gasteiger partial charge in [-0.1, -0.05) is 6.92 Å². The highest BCUT2D eigenvalue weighted by atomic mass is 32.2. The summed E-state index contributed by atoms with van der Waals surface area (Å²) in [4.78, 5) is 22.6. The molecule has 0 bridgehead atoms. The van der Waals surface area contributed by atoms with Gasteiger partial charge in [-0.05, 0) is 31.8 Å². The number of nitrogens with one attached hydrogen (secondary N) is 1. The van der Waals surface area contributed by atoms with Crippen LogP contribution >= 0.6 is 11.8 Å². The molecule has 0 rings (SSSR count). The smallest absolute Gasteiger partial charge is 0.326 e. The summed E-state index contributed by atoms with van der Waals surface area (Å²) >= 11 is 1.54. The third-order valence-corrected chi connectivity index (χ3v) is 3.11. The lowest BCUT2D eigenvalue weighted by Gasteiger charge is -2.24. The lowest BCUT2D eigenvalue weighted by atomic mass is 9.99. The Bertz CT molecular complexity index is 256. The number of amides is 1. The van der Waals surface area contributed by atoms with E-state index in [2.05, 4.69) is 5.32 Å². The highest BCUT2D eigenvalue weighted by Gasteiger charge is 2.29. The van der Waals surface area contributed by atoms with E-state index in [9.17, 15) is 9.59 Å². The molecule has 0 heterocycles. The van der Waals surface area contributed by atoms with Crippen LogP contribution in [0.25, 0.3) is 0 Å². The predicted octanol–water partition coefficient (Wildman–Crippen LogP) is 0.436. The fraction of sp³-hybridized carbons (Fsp3) is 0.800. The largest absolute Gasteiger partial charge is 0.480 e. The molecule has 0 aromatic heterocycles. The standard InChI is InChI=1S/C10H20N2O3S/c1-4-10(2,11)9(15)12-7(8(13)14)5-6-16-3/h7H,4-6,11H2,1-3H3,(H,12,15)(H,13,14)/t7-,10?/m1/s1. The second-order valence-corrected chi connectivity index (χ2v) is 4.90. The molecule has 6 heteroatoms. The number of hydrogen-bond acceptors (Lipinski definition) is 4. The van der Waals surface area contributed by atoms with Crippen LogP contribution in [0.3, 0.4) is 0 Å². The molecule has 0 spiro atoms. The van der Waals surface area contributed by atoms with Gasteiger partial charge in [0.25, 0.3) is 0 Å². The SMILES string of the molecule is CCC(C)(N)C(=O)N[C@H](CCSC)C(=O)O. The predicted molar refractivity (Wildman–Crippen MR) is 65.4 cm³/mol. The van der Waals surface area contributed by atoms with Crippen molar-refractivity contribution in [1.29, 1.82) is 0 Å². The molecule has 0 aliphatic carbocycles. The number of carboxylic acids is 1. The van der Waals surface area contributed by atoms with Gasteiger partial charge in [0.15, 0.2) is 0 Å². The quantitative estimate of drug-likeness (QED) is 0.608. The number of carbonyl (C=O) groups is 2. The van der Waals surface area contributed by atoms with Crippen molar-refractivity contribution in [2.75, 3.05) is 12.0 Å². The van der Waals surface area contributed by atoms with Crippen molar-refractivity contribution in [3.8, 4) is 0 Å². The summed E-state index contributed by atoms with van der Waals surface area (Å²) < 4.78 is 0. The van der Waals surface area contributed by atoms with Gasteiger partial charge in [0, 0.05) is 0 Å². The number of aliphatic carboxylic acids is 1. The van der Waals surface area contributed by atoms with Crippen molar-refractivity contribution >= 4 is 23.6 Å². The highest BCUT2D eigenvalue weighted by molar-refractivity contribution is 7.98. The van der Waals surface area contributed by atoms with Crippen molar-refractivity contribution in [2.24, 2.45) is 5.73 Å². The Morgan fingerprint density at radius 3 is 2.50 bits per heavy atom. The maximum Gasteiger partial charge on any atom is 0.326 e. The van der Waals surface area contributed by atoms with Crippen molar-refractivity contribution < 1.29 is 14.7 Å². The first kappa shape index (κ1) is 15.2. The van der Waals surface area contributed by atoms with Gasteiger partial charge in [-0.2, -0.15) is 11.8 Å². The Balaban J connectivity index is 4.40. The lowest BCUT2D eigenvalue weighted by molar-refractivity contribution is -0.142. The van der Waals surface area contributed by atoms with Crippen molar-refractivity contribution in [2.45, 2.75) is 38.3 Å². The van der Waals surface area contributed by atoms with Crippen molar-refractivity contribution in [3.63, 3.8) is 0 Å². The molecule has 0 aliphatic rings. The lowest BCUT2D eigenvalue weighted by Crippen LogP contribution is -2.55. The molecule has 0 saturated heterocycles. The molecule has 0 aromatic carbocycles. The van der Waals surface area contributed by atoms with Gasteiger partial charge in [-0.25, -0.2) is 4.79 Å². The summed E-state index contributed by atoms with van der Waals surface area (Å²) in [6, 6.07) is -0.852. The van der Waals surface area contributed by atoms with Crippen LogP contribution in [0.1, 0.15) is 26.7 Å². The van der Waals surface area contributed by atoms with Gasteiger partial charge in [0.1, 0.15) is 6.04 Å². The monoisotopic (exact) mass is 248 g/mol. The Labute approximate surface area is 100 Å². The van der Waals surface area contributed by atoms with Gasteiger partial charge >= 0.3 is 5.97 Å². The van der Waals surface area contributed by atoms with E-state index in [-0.39, 0.29) is 0 Å². The summed E-state index contributed by atoms with van der Waals surface area (Å²) in [6.45, 7) is 3.38. The zero-order chi connectivity index (χ0) is 12.8. The van der Waals surface area contributed by atoms with E-state index in [1.165, 1.54) is 0 Å². The zero-order valence-corrected chi connectivity index (χ0v) is 10.8. The van der Waals surface area contributed by atoms with Crippen molar-refractivity contribution in [1.82, 2.24) is 5.32 Å². The van der Waals surface area contributed by atoms with E-state index in [0.717, 1.165) is 0 Å². The van der Waals surface area contributed by atoms with Gasteiger partial charge in [0.05, 0.1) is 5.54 Å². The minimum Gasteiger partial charge on any atom is -0.480 e. The Hall–Kier alpha value is -0.750. The topological polar surface area (TPSA) is 92.4 Å². The molecule has 2 atom stereocenters. The van der Waals surface area contributed by atoms with Crippen LogP contribution in [0.4, 0.5) is 0 Å². The first-order chi connectivity index (χ1) is 7.35. The molecule has 94 valence electrons. The van der Waals surface area contributed by atoms with Crippen molar-refractivity contribution in [3.05, 3.63) is 0 Å². The van der Waals surface area contributed by atoms with Crippen LogP contribution in [-0.2, 0) is 9.59 Å². The summed E-state index contributed by atoms with van der Waals surface area (Å²) in [6.07, 6.45) is 2.76. The fourth-order valence-electron chi connectivity index (χ4n) is 0.977. The van der Waals surface area contributed by atoms with Gasteiger partial charge < -0.3 is 16.2 Å². The molecule has 1 unspecified atom stereocenters. The normalized spacial score (nSPS) is 16.2. The molecule has 5 nitrogen and oxygen atoms in total. The molecule has 16 heavy (non-hydrogen) atoms. The number of thioether (sulfide) groups is 1. The number of nitrogens with two attached hydrogens (primary N) is 1. The third kappa shape index (κ3) is 4.85. The average Bonchev–Trinajstić information content (AvgIpc) is 2.23. The van der Waals surface area contributed by atoms with Gasteiger partial charge in [-0.3, -0.25) is 4.79 Å². The third-order valence-electron chi connectivity index (χ3n) is 2.47. The van der Waals surface area contributed by atoms with Crippen LogP contribution in [-0.4, -0.2) is 40.6 Å². The summed E-state index contributed by atoms with van der Waals surface area (Å²) in [5.41, 5.74) is 4.72. The second kappa shape index (κ2) is 6.75. The number of hydrogen-bond donors (Lipinski definition) is 3. The molecule has 0 saturated carbocycles. The van der Waals surface area contributed by atoms with E-state index in [4.69, 9.17) is 10.8 Å². The zero-order valence-electron chi connectivity index (χ0n) is 9.95. The molecule has 4 N–H and O–H groups in total. The van der Waals surface area contributed by atoms with Crippen LogP contribution in [0.2, 0.25) is 0 Å². The summed E-state index contributed by atoms with van der Waals surface area (Å²) in [5.74, 6) is -0.747. The minimum absolute atomic E-state index is 0.405. The number of carbonyl (C=O) groups excluding carboxylic acids is 1. The number of carboxylic acid groups (broad SMARTS) is 1. The van der Waals surface area contributed by atoms with Crippen LogP contribution < -0.4 is 11.1 Å². The molecule has 1 amide bonds. The first-order valence-electron chi connectivity index (χ1n) is 5.16. The Morgan fingerprint density at radius 2 is 2.12 bits per heavy atom. The van der Waals surface area contributed by atoms with E-state index >= 15 is 0 Å². The second-order valence-electron chi connectivity index (χ2n) is 3.92. The van der Waals surface area contributed by atoms with Crippen LogP contribution in [0.5, 0.6) is 0 Å². The Kier molecular flexibility index (Phi) is 6.43. The molecule has 0 fully saturated rings. The van der Waals surface area contributed by atoms with Gasteiger partial charge in [-0.15, -0.1) is 0 Å². The van der Waals surface area contributed by atoms with Crippen LogP contribution in [0, 0.1) is 0 Å². The average molecular weight is 248 g/mol. The summed E-state index contributed by atoms with van der Waals surface area (Å²) in [7, 11) is 0. The molecule has 0 aromatic rings. The Morgan fingerprint density at radius 1 is 1.56 bits per heavy atom. The highest BCUT2D eigenvalue weighted by Crippen LogP contribution is 2.07. The van der Waals surface area contributed by atoms with E-state index in [1.807, 2.05) is 6.26 Å². The molecular weight excluding hydrogens is 228 g/mol. The van der Waals surface area contributed by atoms with Crippen LogP contribution in [0.15, 0.2) is 0 Å². The fourth-order valence-corrected chi connectivity index (χ4v) is 1.45. The molecule has 0 aliphatic heterocycles. The summed E-state index contributed by atoms with van der Waals surface area (Å²) in [5, 5.41) is 11.4. The number of rotatable bonds is 7. The van der Waals surface area contributed by atoms with E-state index in [1.54, 1.807) is 25.6 Å². The minimum atomic E-state index is -1.02. The van der Waals surface area contributed by atoms with Gasteiger partial charge in [0.2, 0.25) is 5.91 Å². The molecule has 0 radical (unpaired) electrons.